The Morgan fingerprint density at radius 2 is 1.91 bits per heavy atom. The fraction of sp³-hybridized carbons (Fsp3) is 0.550. The first-order valence-electron chi connectivity index (χ1n) is 8.49. The van der Waals surface area contributed by atoms with Crippen molar-refractivity contribution in [3.05, 3.63) is 35.4 Å². The van der Waals surface area contributed by atoms with Gasteiger partial charge in [0.1, 0.15) is 5.60 Å². The van der Waals surface area contributed by atoms with Gasteiger partial charge < -0.3 is 10.2 Å². The molecule has 2 atom stereocenters. The highest BCUT2D eigenvalue weighted by Crippen LogP contribution is 2.34. The van der Waals surface area contributed by atoms with Crippen LogP contribution in [0.4, 0.5) is 0 Å². The number of aliphatic hydroxyl groups is 1. The van der Waals surface area contributed by atoms with Crippen molar-refractivity contribution in [3.8, 4) is 11.8 Å². The molecule has 2 rings (SSSR count). The highest BCUT2D eigenvalue weighted by molar-refractivity contribution is 5.76. The molecule has 0 aliphatic heterocycles. The zero-order valence-electron chi connectivity index (χ0n) is 14.0. The first-order valence-corrected chi connectivity index (χ1v) is 8.49. The highest BCUT2D eigenvalue weighted by atomic mass is 16.4. The minimum absolute atomic E-state index is 0.432. The van der Waals surface area contributed by atoms with Crippen molar-refractivity contribution < 1.29 is 15.0 Å². The van der Waals surface area contributed by atoms with Gasteiger partial charge in [-0.25, -0.2) is 0 Å². The summed E-state index contributed by atoms with van der Waals surface area (Å²) in [6.07, 6.45) is 6.05. The van der Waals surface area contributed by atoms with Gasteiger partial charge in [-0.1, -0.05) is 56.6 Å². The standard InChI is InChI=1S/C20H26O3/c1-3-20(2,23)13-12-15-8-10-17(11-9-15)18(19(21)22)14-16-6-4-5-7-16/h8-11,16,18,23H,3-7,14H2,1-2H3,(H,21,22). The van der Waals surface area contributed by atoms with Crippen molar-refractivity contribution in [2.45, 2.75) is 63.9 Å². The van der Waals surface area contributed by atoms with E-state index in [0.717, 1.165) is 30.4 Å². The zero-order valence-corrected chi connectivity index (χ0v) is 14.0. The maximum absolute atomic E-state index is 11.6. The first-order chi connectivity index (χ1) is 10.9. The fourth-order valence-electron chi connectivity index (χ4n) is 3.05. The molecular formula is C20H26O3. The summed E-state index contributed by atoms with van der Waals surface area (Å²) in [5, 5.41) is 19.4. The third-order valence-electron chi connectivity index (χ3n) is 4.82. The van der Waals surface area contributed by atoms with Gasteiger partial charge >= 0.3 is 5.97 Å². The second-order valence-electron chi connectivity index (χ2n) is 6.78. The van der Waals surface area contributed by atoms with E-state index in [9.17, 15) is 15.0 Å². The predicted molar refractivity (Wildman–Crippen MR) is 91.2 cm³/mol. The second-order valence-corrected chi connectivity index (χ2v) is 6.78. The van der Waals surface area contributed by atoms with Gasteiger partial charge in [0.25, 0.3) is 0 Å². The van der Waals surface area contributed by atoms with Crippen LogP contribution in [-0.4, -0.2) is 21.8 Å². The molecule has 2 unspecified atom stereocenters. The van der Waals surface area contributed by atoms with Crippen molar-refractivity contribution in [2.75, 3.05) is 0 Å². The van der Waals surface area contributed by atoms with Crippen LogP contribution in [-0.2, 0) is 4.79 Å². The Kier molecular flexibility index (Phi) is 5.85. The summed E-state index contributed by atoms with van der Waals surface area (Å²) in [4.78, 5) is 11.6. The molecule has 1 aliphatic rings. The van der Waals surface area contributed by atoms with Gasteiger partial charge in [0.15, 0.2) is 0 Å². The summed E-state index contributed by atoms with van der Waals surface area (Å²) in [6.45, 7) is 3.58. The van der Waals surface area contributed by atoms with Gasteiger partial charge in [0.2, 0.25) is 0 Å². The molecule has 0 radical (unpaired) electrons. The lowest BCUT2D eigenvalue weighted by Gasteiger charge is -2.17. The average Bonchev–Trinajstić information content (AvgIpc) is 3.04. The van der Waals surface area contributed by atoms with E-state index in [4.69, 9.17) is 0 Å². The number of hydrogen-bond acceptors (Lipinski definition) is 2. The molecule has 1 aromatic carbocycles. The van der Waals surface area contributed by atoms with Crippen molar-refractivity contribution in [2.24, 2.45) is 5.92 Å². The van der Waals surface area contributed by atoms with E-state index in [1.807, 2.05) is 31.2 Å². The molecule has 0 amide bonds. The molecule has 0 bridgehead atoms. The van der Waals surface area contributed by atoms with Crippen LogP contribution in [0, 0.1) is 17.8 Å². The van der Waals surface area contributed by atoms with Gasteiger partial charge in [-0.3, -0.25) is 4.79 Å². The molecule has 1 aromatic rings. The molecular weight excluding hydrogens is 288 g/mol. The molecule has 1 aliphatic carbocycles. The van der Waals surface area contributed by atoms with Crippen LogP contribution in [0.25, 0.3) is 0 Å². The number of rotatable bonds is 5. The van der Waals surface area contributed by atoms with E-state index in [2.05, 4.69) is 11.8 Å². The molecule has 0 spiro atoms. The van der Waals surface area contributed by atoms with Crippen LogP contribution < -0.4 is 0 Å². The summed E-state index contributed by atoms with van der Waals surface area (Å²) < 4.78 is 0. The third-order valence-corrected chi connectivity index (χ3v) is 4.82. The summed E-state index contributed by atoms with van der Waals surface area (Å²) in [5.41, 5.74) is 0.662. The molecule has 1 saturated carbocycles. The van der Waals surface area contributed by atoms with E-state index in [1.54, 1.807) is 6.92 Å². The largest absolute Gasteiger partial charge is 0.481 e. The maximum Gasteiger partial charge on any atom is 0.310 e. The Balaban J connectivity index is 2.11. The van der Waals surface area contributed by atoms with Crippen LogP contribution in [0.15, 0.2) is 24.3 Å². The topological polar surface area (TPSA) is 57.5 Å². The molecule has 3 heteroatoms. The fourth-order valence-corrected chi connectivity index (χ4v) is 3.05. The van der Waals surface area contributed by atoms with Gasteiger partial charge in [-0.05, 0) is 43.4 Å². The number of hydrogen-bond donors (Lipinski definition) is 2. The van der Waals surface area contributed by atoms with Crippen LogP contribution in [0.5, 0.6) is 0 Å². The Hall–Kier alpha value is -1.79. The Labute approximate surface area is 138 Å². The van der Waals surface area contributed by atoms with Crippen LogP contribution in [0.1, 0.15) is 69.4 Å². The molecule has 3 nitrogen and oxygen atoms in total. The molecule has 0 heterocycles. The van der Waals surface area contributed by atoms with Gasteiger partial charge in [0.05, 0.1) is 5.92 Å². The van der Waals surface area contributed by atoms with E-state index in [0.29, 0.717) is 12.3 Å². The number of benzene rings is 1. The van der Waals surface area contributed by atoms with E-state index in [1.165, 1.54) is 12.8 Å². The quantitative estimate of drug-likeness (QED) is 0.809. The number of carboxylic acids is 1. The average molecular weight is 314 g/mol. The molecule has 0 aromatic heterocycles. The Bertz CT molecular complexity index is 584. The summed E-state index contributed by atoms with van der Waals surface area (Å²) >= 11 is 0. The monoisotopic (exact) mass is 314 g/mol. The molecule has 124 valence electrons. The molecule has 2 N–H and O–H groups in total. The summed E-state index contributed by atoms with van der Waals surface area (Å²) in [7, 11) is 0. The lowest BCUT2D eigenvalue weighted by Crippen LogP contribution is -2.19. The number of aliphatic carboxylic acids is 1. The number of carbonyl (C=O) groups is 1. The van der Waals surface area contributed by atoms with Gasteiger partial charge in [0, 0.05) is 5.56 Å². The summed E-state index contributed by atoms with van der Waals surface area (Å²) in [5.74, 6) is 5.16. The van der Waals surface area contributed by atoms with Crippen molar-refractivity contribution in [1.82, 2.24) is 0 Å². The molecule has 1 fully saturated rings. The lowest BCUT2D eigenvalue weighted by molar-refractivity contribution is -0.139. The summed E-state index contributed by atoms with van der Waals surface area (Å²) in [6, 6.07) is 7.41. The van der Waals surface area contributed by atoms with E-state index in [-0.39, 0.29) is 0 Å². The van der Waals surface area contributed by atoms with Crippen molar-refractivity contribution >= 4 is 5.97 Å². The Morgan fingerprint density at radius 3 is 2.43 bits per heavy atom. The SMILES string of the molecule is CCC(C)(O)C#Cc1ccc(C(CC2CCCC2)C(=O)O)cc1. The van der Waals surface area contributed by atoms with Crippen LogP contribution in [0.3, 0.4) is 0 Å². The van der Waals surface area contributed by atoms with Crippen molar-refractivity contribution in [1.29, 1.82) is 0 Å². The Morgan fingerprint density at radius 1 is 1.30 bits per heavy atom. The van der Waals surface area contributed by atoms with Gasteiger partial charge in [-0.2, -0.15) is 0 Å². The zero-order chi connectivity index (χ0) is 16.9. The van der Waals surface area contributed by atoms with Crippen LogP contribution >= 0.6 is 0 Å². The molecule has 0 saturated heterocycles. The van der Waals surface area contributed by atoms with E-state index >= 15 is 0 Å². The first kappa shape index (κ1) is 17.6. The molecule has 23 heavy (non-hydrogen) atoms. The maximum atomic E-state index is 11.6. The second kappa shape index (κ2) is 7.66. The van der Waals surface area contributed by atoms with Crippen LogP contribution in [0.2, 0.25) is 0 Å². The lowest BCUT2D eigenvalue weighted by atomic mass is 9.87. The van der Waals surface area contributed by atoms with Crippen molar-refractivity contribution in [3.63, 3.8) is 0 Å². The minimum atomic E-state index is -0.981. The van der Waals surface area contributed by atoms with Gasteiger partial charge in [-0.15, -0.1) is 0 Å². The minimum Gasteiger partial charge on any atom is -0.481 e. The normalized spacial score (nSPS) is 18.7. The number of carboxylic acid groups (broad SMARTS) is 1. The smallest absolute Gasteiger partial charge is 0.310 e. The third kappa shape index (κ3) is 5.11. The highest BCUT2D eigenvalue weighted by Gasteiger charge is 2.26. The predicted octanol–water partition coefficient (Wildman–Crippen LogP) is 3.95. The van der Waals surface area contributed by atoms with E-state index < -0.39 is 17.5 Å².